The zero-order valence-electron chi connectivity index (χ0n) is 11.0. The zero-order valence-corrected chi connectivity index (χ0v) is 12.5. The highest BCUT2D eigenvalue weighted by atomic mass is 35.5. The average Bonchev–Trinajstić information content (AvgIpc) is 2.39. The predicted octanol–water partition coefficient (Wildman–Crippen LogP) is 2.05. The lowest BCUT2D eigenvalue weighted by Crippen LogP contribution is -2.05. The molecule has 0 aliphatic heterocycles. The summed E-state index contributed by atoms with van der Waals surface area (Å²) in [6.07, 6.45) is 1.04. The largest absolute Gasteiger partial charge is 0.326 e. The molecule has 0 saturated carbocycles. The lowest BCUT2D eigenvalue weighted by atomic mass is 10.1. The van der Waals surface area contributed by atoms with Gasteiger partial charge in [0.15, 0.2) is 15.0 Å². The van der Waals surface area contributed by atoms with E-state index in [0.717, 1.165) is 12.1 Å². The van der Waals surface area contributed by atoms with E-state index in [1.165, 1.54) is 6.07 Å². The van der Waals surface area contributed by atoms with Gasteiger partial charge in [-0.25, -0.2) is 17.2 Å². The first-order chi connectivity index (χ1) is 10.2. The van der Waals surface area contributed by atoms with E-state index in [1.807, 2.05) is 0 Å². The highest BCUT2D eigenvalue weighted by molar-refractivity contribution is 7.90. The number of sulfone groups is 1. The first-order valence-corrected chi connectivity index (χ1v) is 7.94. The monoisotopic (exact) mass is 347 g/mol. The zero-order chi connectivity index (χ0) is 16.5. The number of rotatable bonds is 4. The summed E-state index contributed by atoms with van der Waals surface area (Å²) in [4.78, 5) is 9.41. The van der Waals surface area contributed by atoms with Crippen molar-refractivity contribution in [3.05, 3.63) is 35.0 Å². The van der Waals surface area contributed by atoms with Crippen LogP contribution in [0.4, 0.5) is 14.5 Å². The van der Waals surface area contributed by atoms with Gasteiger partial charge in [-0.1, -0.05) is 11.6 Å². The molecule has 6 nitrogen and oxygen atoms in total. The van der Waals surface area contributed by atoms with Crippen LogP contribution in [0.2, 0.25) is 5.15 Å². The smallest absolute Gasteiger partial charge is 0.211 e. The molecule has 1 heterocycles. The van der Waals surface area contributed by atoms with Crippen molar-refractivity contribution in [2.24, 2.45) is 0 Å². The molecule has 0 aliphatic rings. The summed E-state index contributed by atoms with van der Waals surface area (Å²) in [5.74, 6) is -2.50. The van der Waals surface area contributed by atoms with Crippen molar-refractivity contribution in [2.45, 2.75) is 4.90 Å². The number of nitrogens with one attached hydrogen (secondary N) is 1. The Bertz CT molecular complexity index is 836. The molecule has 10 heteroatoms. The van der Waals surface area contributed by atoms with Gasteiger partial charge in [-0.15, -0.1) is 10.2 Å². The van der Waals surface area contributed by atoms with E-state index in [9.17, 15) is 22.0 Å². The Morgan fingerprint density at radius 3 is 2.27 bits per heavy atom. The van der Waals surface area contributed by atoms with Gasteiger partial charge in [0.1, 0.15) is 16.5 Å². The van der Waals surface area contributed by atoms with Crippen LogP contribution in [0, 0.1) is 11.6 Å². The fourth-order valence-corrected chi connectivity index (χ4v) is 2.72. The predicted molar refractivity (Wildman–Crippen MR) is 75.2 cm³/mol. The molecule has 2 aromatic rings. The number of benzene rings is 1. The number of halogens is 3. The molecule has 1 aromatic carbocycles. The minimum Gasteiger partial charge on any atom is -0.326 e. The lowest BCUT2D eigenvalue weighted by Gasteiger charge is -2.08. The van der Waals surface area contributed by atoms with Crippen molar-refractivity contribution < 1.29 is 22.0 Å². The van der Waals surface area contributed by atoms with Gasteiger partial charge < -0.3 is 5.32 Å². The molecule has 0 spiro atoms. The Kier molecular flexibility index (Phi) is 4.38. The number of carbonyl (C=O) groups is 1. The average molecular weight is 348 g/mol. The van der Waals surface area contributed by atoms with Crippen LogP contribution in [0.1, 0.15) is 0 Å². The number of aromatic nitrogens is 2. The van der Waals surface area contributed by atoms with Crippen molar-refractivity contribution in [3.8, 4) is 11.3 Å². The van der Waals surface area contributed by atoms with E-state index in [-0.39, 0.29) is 22.1 Å². The third kappa shape index (κ3) is 3.20. The Balaban J connectivity index is 2.60. The molecule has 1 aromatic heterocycles. The van der Waals surface area contributed by atoms with Crippen LogP contribution in [0.5, 0.6) is 0 Å². The summed E-state index contributed by atoms with van der Waals surface area (Å²) in [5, 5.41) is 9.33. The molecule has 1 N–H and O–H groups in total. The quantitative estimate of drug-likeness (QED) is 0.855. The summed E-state index contributed by atoms with van der Waals surface area (Å²) in [6, 6.07) is 2.86. The van der Waals surface area contributed by atoms with E-state index in [0.29, 0.717) is 12.7 Å². The molecule has 0 unspecified atom stereocenters. The van der Waals surface area contributed by atoms with E-state index >= 15 is 0 Å². The first-order valence-electron chi connectivity index (χ1n) is 5.67. The van der Waals surface area contributed by atoms with Crippen molar-refractivity contribution in [2.75, 3.05) is 11.6 Å². The molecule has 0 atom stereocenters. The standard InChI is InChI=1S/C12H8ClF2N3O3S/c1-22(20,21)11-7(14)2-6(3-8(11)15)9-4-10(16-5-19)12(13)18-17-9/h2-5H,1H3,(H,16,17,19). The maximum absolute atomic E-state index is 13.9. The van der Waals surface area contributed by atoms with Crippen LogP contribution in [-0.4, -0.2) is 31.3 Å². The molecule has 1 amide bonds. The topological polar surface area (TPSA) is 89.0 Å². The number of hydrogen-bond donors (Lipinski definition) is 1. The highest BCUT2D eigenvalue weighted by Gasteiger charge is 2.21. The molecule has 0 radical (unpaired) electrons. The molecule has 116 valence electrons. The minimum atomic E-state index is -4.05. The van der Waals surface area contributed by atoms with Crippen LogP contribution in [0.25, 0.3) is 11.3 Å². The van der Waals surface area contributed by atoms with E-state index in [4.69, 9.17) is 11.6 Å². The molecule has 22 heavy (non-hydrogen) atoms. The normalized spacial score (nSPS) is 11.3. The second-order valence-corrected chi connectivity index (χ2v) is 6.55. The molecular weight excluding hydrogens is 340 g/mol. The van der Waals surface area contributed by atoms with Gasteiger partial charge in [0, 0.05) is 11.8 Å². The van der Waals surface area contributed by atoms with Crippen molar-refractivity contribution in [1.82, 2.24) is 10.2 Å². The van der Waals surface area contributed by atoms with Crippen molar-refractivity contribution in [1.29, 1.82) is 0 Å². The Morgan fingerprint density at radius 1 is 1.18 bits per heavy atom. The Labute approximate surface area is 129 Å². The number of amides is 1. The number of carbonyl (C=O) groups excluding carboxylic acids is 1. The fraction of sp³-hybridized carbons (Fsp3) is 0.0833. The molecule has 2 rings (SSSR count). The van der Waals surface area contributed by atoms with Gasteiger partial charge in [-0.2, -0.15) is 0 Å². The second-order valence-electron chi connectivity index (χ2n) is 4.24. The van der Waals surface area contributed by atoms with Crippen molar-refractivity contribution >= 4 is 33.5 Å². The van der Waals surface area contributed by atoms with Crippen LogP contribution in [-0.2, 0) is 14.6 Å². The first kappa shape index (κ1) is 16.2. The van der Waals surface area contributed by atoms with Gasteiger partial charge >= 0.3 is 0 Å². The second kappa shape index (κ2) is 5.93. The summed E-state index contributed by atoms with van der Waals surface area (Å²) < 4.78 is 50.4. The van der Waals surface area contributed by atoms with Crippen LogP contribution >= 0.6 is 11.6 Å². The van der Waals surface area contributed by atoms with E-state index < -0.39 is 26.4 Å². The third-order valence-corrected chi connectivity index (χ3v) is 4.04. The Hall–Kier alpha value is -2.13. The lowest BCUT2D eigenvalue weighted by molar-refractivity contribution is -0.105. The summed E-state index contributed by atoms with van der Waals surface area (Å²) >= 11 is 5.69. The van der Waals surface area contributed by atoms with Crippen LogP contribution < -0.4 is 5.32 Å². The minimum absolute atomic E-state index is 0.00611. The maximum atomic E-state index is 13.9. The van der Waals surface area contributed by atoms with E-state index in [2.05, 4.69) is 15.5 Å². The van der Waals surface area contributed by atoms with Gasteiger partial charge in [0.25, 0.3) is 0 Å². The summed E-state index contributed by atoms with van der Waals surface area (Å²) in [7, 11) is -4.05. The fourth-order valence-electron chi connectivity index (χ4n) is 1.74. The summed E-state index contributed by atoms with van der Waals surface area (Å²) in [5.41, 5.74) is 0.0433. The Morgan fingerprint density at radius 2 is 1.77 bits per heavy atom. The third-order valence-electron chi connectivity index (χ3n) is 2.63. The van der Waals surface area contributed by atoms with Gasteiger partial charge in [-0.05, 0) is 18.2 Å². The van der Waals surface area contributed by atoms with Crippen molar-refractivity contribution in [3.63, 3.8) is 0 Å². The molecular formula is C12H8ClF2N3O3S. The number of hydrogen-bond acceptors (Lipinski definition) is 5. The van der Waals surface area contributed by atoms with Gasteiger partial charge in [0.2, 0.25) is 6.41 Å². The van der Waals surface area contributed by atoms with Gasteiger partial charge in [-0.3, -0.25) is 4.79 Å². The maximum Gasteiger partial charge on any atom is 0.211 e. The summed E-state index contributed by atoms with van der Waals surface area (Å²) in [6.45, 7) is 0. The number of nitrogens with zero attached hydrogens (tertiary/aromatic N) is 2. The van der Waals surface area contributed by atoms with Gasteiger partial charge in [0.05, 0.1) is 11.4 Å². The highest BCUT2D eigenvalue weighted by Crippen LogP contribution is 2.28. The molecule has 0 saturated heterocycles. The van der Waals surface area contributed by atoms with E-state index in [1.54, 1.807) is 0 Å². The number of anilines is 1. The molecule has 0 bridgehead atoms. The van der Waals surface area contributed by atoms with Crippen LogP contribution in [0.15, 0.2) is 23.1 Å². The van der Waals surface area contributed by atoms with Crippen LogP contribution in [0.3, 0.4) is 0 Å². The molecule has 0 fully saturated rings. The molecule has 0 aliphatic carbocycles. The SMILES string of the molecule is CS(=O)(=O)c1c(F)cc(-c2cc(NC=O)c(Cl)nn2)cc1F.